The molecule has 1 fully saturated rings. The molecule has 1 saturated heterocycles. The summed E-state index contributed by atoms with van der Waals surface area (Å²) in [5.41, 5.74) is -0.394. The van der Waals surface area contributed by atoms with Crippen LogP contribution in [0.1, 0.15) is 26.7 Å². The first-order valence-electron chi connectivity index (χ1n) is 5.22. The molecule has 1 heterocycles. The van der Waals surface area contributed by atoms with Crippen molar-refractivity contribution in [3.05, 3.63) is 0 Å². The van der Waals surface area contributed by atoms with Crippen molar-refractivity contribution in [1.29, 1.82) is 0 Å². The normalized spacial score (nSPS) is 26.9. The van der Waals surface area contributed by atoms with Gasteiger partial charge in [-0.2, -0.15) is 0 Å². The third-order valence-electron chi connectivity index (χ3n) is 2.79. The molecule has 0 aromatic heterocycles. The van der Waals surface area contributed by atoms with Gasteiger partial charge in [0.25, 0.3) is 0 Å². The second kappa shape index (κ2) is 6.30. The highest BCUT2D eigenvalue weighted by Gasteiger charge is 2.35. The Balaban J connectivity index is 0.00000196. The van der Waals surface area contributed by atoms with Crippen LogP contribution in [0.4, 0.5) is 0 Å². The molecule has 0 radical (unpaired) electrons. The van der Waals surface area contributed by atoms with Crippen molar-refractivity contribution in [3.63, 3.8) is 0 Å². The fraction of sp³-hybridized carbons (Fsp3) is 0.900. The molecule has 1 amide bonds. The van der Waals surface area contributed by atoms with E-state index in [0.29, 0.717) is 6.54 Å². The van der Waals surface area contributed by atoms with E-state index in [1.165, 1.54) is 0 Å². The zero-order chi connectivity index (χ0) is 10.6. The summed E-state index contributed by atoms with van der Waals surface area (Å²) in [6.45, 7) is 5.42. The van der Waals surface area contributed by atoms with Crippen LogP contribution in [-0.2, 0) is 4.79 Å². The predicted octanol–water partition coefficient (Wildman–Crippen LogP) is 0.295. The van der Waals surface area contributed by atoms with Gasteiger partial charge < -0.3 is 15.7 Å². The topological polar surface area (TPSA) is 61.4 Å². The van der Waals surface area contributed by atoms with E-state index in [2.05, 4.69) is 10.6 Å². The third kappa shape index (κ3) is 3.97. The van der Waals surface area contributed by atoms with Crippen LogP contribution in [0, 0.1) is 5.92 Å². The molecule has 15 heavy (non-hydrogen) atoms. The van der Waals surface area contributed by atoms with E-state index in [1.54, 1.807) is 0 Å². The van der Waals surface area contributed by atoms with Crippen LogP contribution >= 0.6 is 12.4 Å². The van der Waals surface area contributed by atoms with Gasteiger partial charge in [0, 0.05) is 13.2 Å². The maximum Gasteiger partial charge on any atom is 0.240 e. The predicted molar refractivity (Wildman–Crippen MR) is 62.1 cm³/mol. The van der Waals surface area contributed by atoms with E-state index in [0.717, 1.165) is 19.4 Å². The third-order valence-corrected chi connectivity index (χ3v) is 2.79. The molecule has 0 bridgehead atoms. The fourth-order valence-corrected chi connectivity index (χ4v) is 1.61. The van der Waals surface area contributed by atoms with E-state index < -0.39 is 5.54 Å². The zero-order valence-corrected chi connectivity index (χ0v) is 10.2. The maximum absolute atomic E-state index is 11.7. The van der Waals surface area contributed by atoms with E-state index in [1.807, 2.05) is 13.8 Å². The highest BCUT2D eigenvalue weighted by atomic mass is 35.5. The van der Waals surface area contributed by atoms with Crippen LogP contribution in [0.15, 0.2) is 0 Å². The summed E-state index contributed by atoms with van der Waals surface area (Å²) in [6, 6.07) is 0. The molecule has 1 aliphatic heterocycles. The molecule has 4 nitrogen and oxygen atoms in total. The Kier molecular flexibility index (Phi) is 6.17. The molecule has 2 atom stereocenters. The monoisotopic (exact) mass is 236 g/mol. The number of amides is 1. The second-order valence-electron chi connectivity index (χ2n) is 4.36. The number of hydrogen-bond donors (Lipinski definition) is 3. The van der Waals surface area contributed by atoms with Crippen LogP contribution in [0.3, 0.4) is 0 Å². The van der Waals surface area contributed by atoms with Crippen LogP contribution in [0.2, 0.25) is 0 Å². The van der Waals surface area contributed by atoms with Crippen LogP contribution < -0.4 is 10.6 Å². The average molecular weight is 237 g/mol. The SMILES string of the molecule is CC(CO)CNC(=O)C1(C)CCCN1.Cl. The van der Waals surface area contributed by atoms with Crippen LogP contribution in [0.5, 0.6) is 0 Å². The Hall–Kier alpha value is -0.320. The van der Waals surface area contributed by atoms with Gasteiger partial charge in [-0.3, -0.25) is 4.79 Å². The van der Waals surface area contributed by atoms with Gasteiger partial charge in [0.05, 0.1) is 5.54 Å². The summed E-state index contributed by atoms with van der Waals surface area (Å²) in [5.74, 6) is 0.180. The summed E-state index contributed by atoms with van der Waals surface area (Å²) in [7, 11) is 0. The van der Waals surface area contributed by atoms with Crippen molar-refractivity contribution in [2.45, 2.75) is 32.2 Å². The molecule has 0 spiro atoms. The first-order chi connectivity index (χ1) is 6.58. The smallest absolute Gasteiger partial charge is 0.240 e. The minimum atomic E-state index is -0.394. The number of nitrogens with one attached hydrogen (secondary N) is 2. The molecule has 0 aromatic carbocycles. The molecular formula is C10H21ClN2O2. The van der Waals surface area contributed by atoms with Crippen molar-refractivity contribution in [1.82, 2.24) is 10.6 Å². The zero-order valence-electron chi connectivity index (χ0n) is 9.38. The molecule has 2 unspecified atom stereocenters. The van der Waals surface area contributed by atoms with Gasteiger partial charge in [0.15, 0.2) is 0 Å². The van der Waals surface area contributed by atoms with Crippen LogP contribution in [-0.4, -0.2) is 36.2 Å². The van der Waals surface area contributed by atoms with Gasteiger partial charge >= 0.3 is 0 Å². The molecular weight excluding hydrogens is 216 g/mol. The highest BCUT2D eigenvalue weighted by Crippen LogP contribution is 2.18. The molecule has 1 rings (SSSR count). The van der Waals surface area contributed by atoms with Crippen LogP contribution in [0.25, 0.3) is 0 Å². The fourth-order valence-electron chi connectivity index (χ4n) is 1.61. The Bertz CT molecular complexity index is 206. The molecule has 0 aliphatic carbocycles. The Morgan fingerprint density at radius 1 is 1.67 bits per heavy atom. The largest absolute Gasteiger partial charge is 0.396 e. The van der Waals surface area contributed by atoms with E-state index in [9.17, 15) is 4.79 Å². The molecule has 5 heteroatoms. The summed E-state index contributed by atoms with van der Waals surface area (Å²) >= 11 is 0. The van der Waals surface area contributed by atoms with Gasteiger partial charge in [-0.1, -0.05) is 6.92 Å². The van der Waals surface area contributed by atoms with Crippen molar-refractivity contribution in [2.75, 3.05) is 19.7 Å². The highest BCUT2D eigenvalue weighted by molar-refractivity contribution is 5.86. The Morgan fingerprint density at radius 3 is 2.80 bits per heavy atom. The molecule has 90 valence electrons. The molecule has 1 aliphatic rings. The van der Waals surface area contributed by atoms with E-state index >= 15 is 0 Å². The van der Waals surface area contributed by atoms with E-state index in [4.69, 9.17) is 5.11 Å². The van der Waals surface area contributed by atoms with Gasteiger partial charge in [0.2, 0.25) is 5.91 Å². The number of aliphatic hydroxyl groups excluding tert-OH is 1. The lowest BCUT2D eigenvalue weighted by molar-refractivity contribution is -0.126. The van der Waals surface area contributed by atoms with Crippen molar-refractivity contribution >= 4 is 18.3 Å². The van der Waals surface area contributed by atoms with Gasteiger partial charge in [-0.05, 0) is 32.2 Å². The number of hydrogen-bond acceptors (Lipinski definition) is 3. The average Bonchev–Trinajstić information content (AvgIpc) is 2.62. The lowest BCUT2D eigenvalue weighted by atomic mass is 9.99. The van der Waals surface area contributed by atoms with Gasteiger partial charge in [-0.15, -0.1) is 12.4 Å². The van der Waals surface area contributed by atoms with Gasteiger partial charge in [-0.25, -0.2) is 0 Å². The summed E-state index contributed by atoms with van der Waals surface area (Å²) in [4.78, 5) is 11.7. The lowest BCUT2D eigenvalue weighted by Gasteiger charge is -2.23. The van der Waals surface area contributed by atoms with E-state index in [-0.39, 0.29) is 30.8 Å². The maximum atomic E-state index is 11.7. The van der Waals surface area contributed by atoms with Crippen molar-refractivity contribution < 1.29 is 9.90 Å². The van der Waals surface area contributed by atoms with Crippen molar-refractivity contribution in [3.8, 4) is 0 Å². The molecule has 3 N–H and O–H groups in total. The number of halogens is 1. The van der Waals surface area contributed by atoms with Crippen molar-refractivity contribution in [2.24, 2.45) is 5.92 Å². The minimum Gasteiger partial charge on any atom is -0.396 e. The van der Waals surface area contributed by atoms with Gasteiger partial charge in [0.1, 0.15) is 0 Å². The number of rotatable bonds is 4. The quantitative estimate of drug-likeness (QED) is 0.658. The Labute approximate surface area is 97.2 Å². The lowest BCUT2D eigenvalue weighted by Crippen LogP contribution is -2.52. The summed E-state index contributed by atoms with van der Waals surface area (Å²) < 4.78 is 0. The number of carbonyl (C=O) groups is 1. The first-order valence-corrected chi connectivity index (χ1v) is 5.22. The number of aliphatic hydroxyl groups is 1. The molecule has 0 aromatic rings. The standard InChI is InChI=1S/C10H20N2O2.ClH/c1-8(7-13)6-11-9(14)10(2)4-3-5-12-10;/h8,12-13H,3-7H2,1-2H3,(H,11,14);1H. The minimum absolute atomic E-state index is 0. The second-order valence-corrected chi connectivity index (χ2v) is 4.36. The summed E-state index contributed by atoms with van der Waals surface area (Å²) in [6.07, 6.45) is 1.95. The first kappa shape index (κ1) is 14.7. The molecule has 0 saturated carbocycles. The number of carbonyl (C=O) groups excluding carboxylic acids is 1. The Morgan fingerprint density at radius 2 is 2.33 bits per heavy atom. The summed E-state index contributed by atoms with van der Waals surface area (Å²) in [5, 5.41) is 14.9.